The Morgan fingerprint density at radius 1 is 1.00 bits per heavy atom. The molecule has 1 saturated heterocycles. The highest BCUT2D eigenvalue weighted by atomic mass is 79.9. The van der Waals surface area contributed by atoms with Crippen molar-refractivity contribution >= 4 is 50.5 Å². The number of fused-ring (bicyclic) bond motifs is 1. The summed E-state index contributed by atoms with van der Waals surface area (Å²) in [5.41, 5.74) is -1.27. The van der Waals surface area contributed by atoms with Gasteiger partial charge in [-0.1, -0.05) is 0 Å². The van der Waals surface area contributed by atoms with Crippen LogP contribution >= 0.6 is 15.9 Å². The summed E-state index contributed by atoms with van der Waals surface area (Å²) in [6.07, 6.45) is -9.17. The monoisotopic (exact) mass is 550 g/mol. The van der Waals surface area contributed by atoms with Gasteiger partial charge in [0.2, 0.25) is 11.9 Å². The highest BCUT2D eigenvalue weighted by molar-refractivity contribution is 9.10. The molecule has 0 bridgehead atoms. The largest absolute Gasteiger partial charge is 0.419 e. The van der Waals surface area contributed by atoms with Gasteiger partial charge in [-0.05, 0) is 40.2 Å². The Bertz CT molecular complexity index is 1230. The molecule has 7 nitrogen and oxygen atoms in total. The van der Waals surface area contributed by atoms with Crippen LogP contribution in [0.15, 0.2) is 28.7 Å². The first-order valence-electron chi connectivity index (χ1n) is 9.95. The molecule has 0 atom stereocenters. The third kappa shape index (κ3) is 4.91. The minimum Gasteiger partial charge on any atom is -0.352 e. The number of anilines is 3. The third-order valence-electron chi connectivity index (χ3n) is 5.22. The summed E-state index contributed by atoms with van der Waals surface area (Å²) in [6.45, 7) is 2.00. The lowest BCUT2D eigenvalue weighted by Crippen LogP contribution is -2.47. The van der Waals surface area contributed by atoms with Crippen LogP contribution in [0.3, 0.4) is 0 Å². The number of benzene rings is 1. The Kier molecular flexibility index (Phi) is 6.12. The molecule has 3 heterocycles. The molecule has 4 rings (SSSR count). The summed E-state index contributed by atoms with van der Waals surface area (Å²) in [5, 5.41) is 2.38. The number of H-pyrrole nitrogens is 1. The molecule has 2 N–H and O–H groups in total. The number of hydrogen-bond acceptors (Lipinski definition) is 5. The fraction of sp³-hybridized carbons (Fsp3) is 0.350. The first-order valence-corrected chi connectivity index (χ1v) is 10.7. The molecule has 34 heavy (non-hydrogen) atoms. The second-order valence-electron chi connectivity index (χ2n) is 7.63. The lowest BCUT2D eigenvalue weighted by Gasteiger charge is -2.36. The number of amides is 1. The molecule has 1 fully saturated rings. The minimum absolute atomic E-state index is 0.000493. The van der Waals surface area contributed by atoms with Crippen LogP contribution in [-0.2, 0) is 17.1 Å². The molecule has 1 amide bonds. The van der Waals surface area contributed by atoms with Crippen molar-refractivity contribution in [1.82, 2.24) is 15.0 Å². The van der Waals surface area contributed by atoms with E-state index in [1.54, 1.807) is 4.90 Å². The van der Waals surface area contributed by atoms with Crippen LogP contribution < -0.4 is 15.1 Å². The standard InChI is InChI=1S/C20H17BrF6N6O/c1-10(34)28-15-3-2-12(20(25,26)27)17(30-15)32-4-6-33(7-5-32)18-29-14-9-11(19(22,23)24)8-13(21)16(14)31-18/h2-3,8-9H,4-7H2,1H3,(H,29,31)(H,28,30,34). The Morgan fingerprint density at radius 2 is 1.65 bits per heavy atom. The molecule has 2 aromatic heterocycles. The van der Waals surface area contributed by atoms with Crippen molar-refractivity contribution in [3.63, 3.8) is 0 Å². The van der Waals surface area contributed by atoms with E-state index in [2.05, 4.69) is 36.2 Å². The summed E-state index contributed by atoms with van der Waals surface area (Å²) in [5.74, 6) is -0.459. The van der Waals surface area contributed by atoms with Gasteiger partial charge < -0.3 is 20.1 Å². The molecule has 0 radical (unpaired) electrons. The van der Waals surface area contributed by atoms with E-state index in [-0.39, 0.29) is 47.8 Å². The number of hydrogen-bond donors (Lipinski definition) is 2. The summed E-state index contributed by atoms with van der Waals surface area (Å²) in [4.78, 5) is 25.7. The molecular weight excluding hydrogens is 534 g/mol. The van der Waals surface area contributed by atoms with E-state index in [0.717, 1.165) is 24.3 Å². The zero-order chi connectivity index (χ0) is 24.8. The van der Waals surface area contributed by atoms with Crippen molar-refractivity contribution in [2.24, 2.45) is 0 Å². The first kappa shape index (κ1) is 24.1. The van der Waals surface area contributed by atoms with Gasteiger partial charge in [-0.15, -0.1) is 0 Å². The van der Waals surface area contributed by atoms with Gasteiger partial charge >= 0.3 is 12.4 Å². The normalized spacial score (nSPS) is 15.2. The van der Waals surface area contributed by atoms with Crippen molar-refractivity contribution in [3.8, 4) is 0 Å². The summed E-state index contributed by atoms with van der Waals surface area (Å²) < 4.78 is 80.1. The van der Waals surface area contributed by atoms with Gasteiger partial charge in [-0.3, -0.25) is 4.79 Å². The van der Waals surface area contributed by atoms with Crippen LogP contribution in [-0.4, -0.2) is 47.0 Å². The number of halogens is 7. The molecule has 14 heteroatoms. The van der Waals surface area contributed by atoms with Crippen LogP contribution in [0.4, 0.5) is 43.9 Å². The van der Waals surface area contributed by atoms with Gasteiger partial charge in [0.15, 0.2) is 0 Å². The van der Waals surface area contributed by atoms with E-state index in [4.69, 9.17) is 0 Å². The molecule has 1 aliphatic heterocycles. The first-order chi connectivity index (χ1) is 15.8. The van der Waals surface area contributed by atoms with Crippen LogP contribution in [0, 0.1) is 0 Å². The number of imidazole rings is 1. The fourth-order valence-corrected chi connectivity index (χ4v) is 4.22. The minimum atomic E-state index is -4.64. The second-order valence-corrected chi connectivity index (χ2v) is 8.49. The number of nitrogens with one attached hydrogen (secondary N) is 2. The van der Waals surface area contributed by atoms with E-state index in [0.29, 0.717) is 11.5 Å². The summed E-state index contributed by atoms with van der Waals surface area (Å²) in [7, 11) is 0. The average Bonchev–Trinajstić information content (AvgIpc) is 3.17. The van der Waals surface area contributed by atoms with Gasteiger partial charge in [0.25, 0.3) is 0 Å². The number of carbonyl (C=O) groups excluding carboxylic acids is 1. The maximum absolute atomic E-state index is 13.5. The molecule has 0 saturated carbocycles. The highest BCUT2D eigenvalue weighted by Crippen LogP contribution is 2.38. The van der Waals surface area contributed by atoms with Gasteiger partial charge in [0.1, 0.15) is 17.2 Å². The number of nitrogens with zero attached hydrogens (tertiary/aromatic N) is 4. The number of aromatic nitrogens is 3. The molecule has 1 aromatic carbocycles. The number of pyridine rings is 1. The smallest absolute Gasteiger partial charge is 0.352 e. The van der Waals surface area contributed by atoms with Crippen LogP contribution in [0.2, 0.25) is 0 Å². The Balaban J connectivity index is 1.57. The van der Waals surface area contributed by atoms with Crippen LogP contribution in [0.25, 0.3) is 11.0 Å². The van der Waals surface area contributed by atoms with Gasteiger partial charge in [-0.25, -0.2) is 9.97 Å². The predicted octanol–water partition coefficient (Wildman–Crippen LogP) is 5.04. The lowest BCUT2D eigenvalue weighted by atomic mass is 10.2. The molecule has 182 valence electrons. The zero-order valence-electron chi connectivity index (χ0n) is 17.5. The van der Waals surface area contributed by atoms with Crippen LogP contribution in [0.1, 0.15) is 18.1 Å². The molecule has 0 aliphatic carbocycles. The maximum atomic E-state index is 13.5. The number of alkyl halides is 6. The lowest BCUT2D eigenvalue weighted by molar-refractivity contribution is -0.138. The van der Waals surface area contributed by atoms with E-state index < -0.39 is 29.4 Å². The van der Waals surface area contributed by atoms with Crippen molar-refractivity contribution in [3.05, 3.63) is 39.9 Å². The molecule has 3 aromatic rings. The molecular formula is C20H17BrF6N6O. The zero-order valence-corrected chi connectivity index (χ0v) is 19.1. The predicted molar refractivity (Wildman–Crippen MR) is 117 cm³/mol. The number of piperazine rings is 1. The highest BCUT2D eigenvalue weighted by Gasteiger charge is 2.37. The Morgan fingerprint density at radius 3 is 2.24 bits per heavy atom. The molecule has 1 aliphatic rings. The maximum Gasteiger partial charge on any atom is 0.419 e. The van der Waals surface area contributed by atoms with Crippen molar-refractivity contribution in [2.45, 2.75) is 19.3 Å². The summed E-state index contributed by atoms with van der Waals surface area (Å²) >= 11 is 3.11. The average molecular weight is 551 g/mol. The Labute approximate surface area is 197 Å². The number of carbonyl (C=O) groups is 1. The van der Waals surface area contributed by atoms with Crippen molar-refractivity contribution < 1.29 is 31.1 Å². The molecule has 0 spiro atoms. The summed E-state index contributed by atoms with van der Waals surface area (Å²) in [6, 6.07) is 3.86. The van der Waals surface area contributed by atoms with Crippen LogP contribution in [0.5, 0.6) is 0 Å². The topological polar surface area (TPSA) is 77.2 Å². The van der Waals surface area contributed by atoms with E-state index in [9.17, 15) is 31.1 Å². The number of rotatable bonds is 3. The third-order valence-corrected chi connectivity index (χ3v) is 5.82. The van der Waals surface area contributed by atoms with Crippen molar-refractivity contribution in [1.29, 1.82) is 0 Å². The molecule has 0 unspecified atom stereocenters. The Hall–Kier alpha value is -3.03. The quantitative estimate of drug-likeness (QED) is 0.447. The van der Waals surface area contributed by atoms with E-state index in [1.807, 2.05) is 0 Å². The van der Waals surface area contributed by atoms with E-state index in [1.165, 1.54) is 11.8 Å². The van der Waals surface area contributed by atoms with E-state index >= 15 is 0 Å². The number of aromatic amines is 1. The van der Waals surface area contributed by atoms with Gasteiger partial charge in [0.05, 0.1) is 16.6 Å². The SMILES string of the molecule is CC(=O)Nc1ccc(C(F)(F)F)c(N2CCN(c3nc4c(Br)cc(C(F)(F)F)cc4[nH]3)CC2)n1. The second kappa shape index (κ2) is 8.64. The fourth-order valence-electron chi connectivity index (χ4n) is 3.67. The van der Waals surface area contributed by atoms with Gasteiger partial charge in [-0.2, -0.15) is 26.3 Å². The van der Waals surface area contributed by atoms with Crippen molar-refractivity contribution in [2.75, 3.05) is 41.3 Å². The van der Waals surface area contributed by atoms with Gasteiger partial charge in [0, 0.05) is 37.6 Å².